The summed E-state index contributed by atoms with van der Waals surface area (Å²) in [5.74, 6) is -0.537. The lowest BCUT2D eigenvalue weighted by molar-refractivity contribution is -0.142. The molecule has 2 nitrogen and oxygen atoms in total. The Labute approximate surface area is 149 Å². The highest BCUT2D eigenvalue weighted by molar-refractivity contribution is 7.04. The Morgan fingerprint density at radius 1 is 1.12 bits per heavy atom. The van der Waals surface area contributed by atoms with Gasteiger partial charge in [-0.05, 0) is 35.9 Å². The maximum Gasteiger partial charge on any atom is 0.310 e. The van der Waals surface area contributed by atoms with Crippen molar-refractivity contribution in [1.29, 1.82) is 0 Å². The predicted octanol–water partition coefficient (Wildman–Crippen LogP) is 4.47. The lowest BCUT2D eigenvalue weighted by Crippen LogP contribution is -2.42. The van der Waals surface area contributed by atoms with Crippen LogP contribution in [-0.2, 0) is 9.53 Å². The van der Waals surface area contributed by atoms with Gasteiger partial charge in [0.15, 0.2) is 0 Å². The van der Waals surface area contributed by atoms with Crippen molar-refractivity contribution in [3.8, 4) is 0 Å². The molecule has 0 unspecified atom stereocenters. The molecule has 0 aliphatic carbocycles. The summed E-state index contributed by atoms with van der Waals surface area (Å²) in [6, 6.07) is 16.7. The van der Waals surface area contributed by atoms with Crippen molar-refractivity contribution in [1.82, 2.24) is 0 Å². The Morgan fingerprint density at radius 2 is 1.76 bits per heavy atom. The molecular weight excluding hydrogens is 331 g/mol. The van der Waals surface area contributed by atoms with Crippen molar-refractivity contribution < 1.29 is 13.9 Å². The Balaban J connectivity index is 2.47. The number of esters is 1. The third kappa shape index (κ3) is 5.02. The van der Waals surface area contributed by atoms with Gasteiger partial charge < -0.3 is 4.74 Å². The van der Waals surface area contributed by atoms with E-state index in [-0.39, 0.29) is 18.2 Å². The maximum atomic E-state index is 13.3. The van der Waals surface area contributed by atoms with Gasteiger partial charge in [-0.3, -0.25) is 4.79 Å². The van der Waals surface area contributed by atoms with Crippen LogP contribution in [0.15, 0.2) is 66.4 Å². The van der Waals surface area contributed by atoms with Crippen molar-refractivity contribution in [2.24, 2.45) is 0 Å². The maximum absolute atomic E-state index is 13.3. The van der Waals surface area contributed by atoms with Gasteiger partial charge in [0, 0.05) is 0 Å². The Morgan fingerprint density at radius 3 is 2.36 bits per heavy atom. The molecule has 0 spiro atoms. The van der Waals surface area contributed by atoms with Crippen LogP contribution in [0.3, 0.4) is 0 Å². The molecule has 2 aromatic carbocycles. The van der Waals surface area contributed by atoms with Crippen LogP contribution in [0.25, 0.3) is 5.20 Å². The van der Waals surface area contributed by atoms with Gasteiger partial charge in [-0.2, -0.15) is 0 Å². The standard InChI is InChI=1S/C21H23FO2Si/c1-4-24-21(23)12-8-11-20(17-13-15-18(22)16-14-17)25(2,3)19-9-6-5-7-10-19/h5-10,13-16H,4,12H2,1-3H3. The second-order valence-corrected chi connectivity index (χ2v) is 10.6. The third-order valence-corrected chi connectivity index (χ3v) is 7.53. The van der Waals surface area contributed by atoms with Crippen LogP contribution >= 0.6 is 0 Å². The smallest absolute Gasteiger partial charge is 0.310 e. The minimum atomic E-state index is -2.06. The van der Waals surface area contributed by atoms with Gasteiger partial charge in [-0.1, -0.05) is 60.7 Å². The number of rotatable bonds is 6. The Kier molecular flexibility index (Phi) is 6.51. The summed E-state index contributed by atoms with van der Waals surface area (Å²) >= 11 is 0. The summed E-state index contributed by atoms with van der Waals surface area (Å²) in [7, 11) is -2.06. The fraction of sp³-hybridized carbons (Fsp3) is 0.238. The fourth-order valence-electron chi connectivity index (χ4n) is 2.70. The van der Waals surface area contributed by atoms with Crippen molar-refractivity contribution in [2.75, 3.05) is 6.61 Å². The summed E-state index contributed by atoms with van der Waals surface area (Å²) in [4.78, 5) is 11.6. The molecule has 0 N–H and O–H groups in total. The number of ether oxygens (including phenoxy) is 1. The summed E-state index contributed by atoms with van der Waals surface area (Å²) in [6.07, 6.45) is 1.90. The topological polar surface area (TPSA) is 26.3 Å². The summed E-state index contributed by atoms with van der Waals surface area (Å²) < 4.78 is 18.3. The van der Waals surface area contributed by atoms with E-state index in [1.54, 1.807) is 25.1 Å². The summed E-state index contributed by atoms with van der Waals surface area (Å²) in [5, 5.41) is 2.29. The zero-order valence-electron chi connectivity index (χ0n) is 14.9. The molecule has 0 saturated heterocycles. The average molecular weight is 354 g/mol. The molecule has 2 aromatic rings. The molecule has 2 rings (SSSR count). The summed E-state index contributed by atoms with van der Waals surface area (Å²) in [6.45, 7) is 6.61. The van der Waals surface area contributed by atoms with E-state index in [0.717, 1.165) is 10.8 Å². The normalized spacial score (nSPS) is 10.7. The van der Waals surface area contributed by atoms with Crippen LogP contribution in [0.4, 0.5) is 4.39 Å². The molecule has 0 aliphatic heterocycles. The second kappa shape index (κ2) is 8.61. The largest absolute Gasteiger partial charge is 0.466 e. The Hall–Kier alpha value is -2.42. The van der Waals surface area contributed by atoms with Crippen molar-refractivity contribution in [3.05, 3.63) is 77.8 Å². The first-order valence-electron chi connectivity index (χ1n) is 8.38. The van der Waals surface area contributed by atoms with Gasteiger partial charge in [-0.15, -0.1) is 5.73 Å². The van der Waals surface area contributed by atoms with E-state index in [2.05, 4.69) is 31.0 Å². The SMILES string of the molecule is CCOC(=O)CC=C=C(c1ccc(F)cc1)[Si](C)(C)c1ccccc1. The minimum Gasteiger partial charge on any atom is -0.466 e. The van der Waals surface area contributed by atoms with E-state index in [4.69, 9.17) is 4.74 Å². The zero-order chi connectivity index (χ0) is 18.3. The van der Waals surface area contributed by atoms with E-state index in [1.165, 1.54) is 17.3 Å². The number of halogens is 1. The van der Waals surface area contributed by atoms with Crippen LogP contribution in [0, 0.1) is 5.82 Å². The quantitative estimate of drug-likeness (QED) is 0.434. The molecule has 25 heavy (non-hydrogen) atoms. The van der Waals surface area contributed by atoms with Crippen molar-refractivity contribution >= 4 is 24.4 Å². The van der Waals surface area contributed by atoms with Gasteiger partial charge in [0.1, 0.15) is 13.9 Å². The molecule has 0 atom stereocenters. The molecule has 0 saturated carbocycles. The minimum absolute atomic E-state index is 0.178. The van der Waals surface area contributed by atoms with E-state index in [1.807, 2.05) is 18.2 Å². The van der Waals surface area contributed by atoms with Crippen LogP contribution in [0.2, 0.25) is 13.1 Å². The molecule has 0 heterocycles. The van der Waals surface area contributed by atoms with E-state index >= 15 is 0 Å². The lowest BCUT2D eigenvalue weighted by Gasteiger charge is -2.25. The van der Waals surface area contributed by atoms with Crippen molar-refractivity contribution in [3.63, 3.8) is 0 Å². The van der Waals surface area contributed by atoms with Gasteiger partial charge >= 0.3 is 5.97 Å². The highest BCUT2D eigenvalue weighted by Crippen LogP contribution is 2.25. The first-order valence-corrected chi connectivity index (χ1v) is 11.4. The van der Waals surface area contributed by atoms with E-state index in [0.29, 0.717) is 6.61 Å². The second-order valence-electron chi connectivity index (χ2n) is 6.23. The molecule has 0 aliphatic rings. The third-order valence-electron chi connectivity index (χ3n) is 4.07. The first kappa shape index (κ1) is 18.9. The first-order chi connectivity index (χ1) is 11.9. The van der Waals surface area contributed by atoms with Gasteiger partial charge in [0.2, 0.25) is 0 Å². The average Bonchev–Trinajstić information content (AvgIpc) is 2.61. The molecular formula is C21H23FO2Si. The van der Waals surface area contributed by atoms with Crippen LogP contribution in [0.1, 0.15) is 18.9 Å². The molecule has 0 radical (unpaired) electrons. The predicted molar refractivity (Wildman–Crippen MR) is 103 cm³/mol. The summed E-state index contributed by atoms with van der Waals surface area (Å²) in [5.41, 5.74) is 4.25. The highest BCUT2D eigenvalue weighted by Gasteiger charge is 2.29. The molecule has 0 bridgehead atoms. The van der Waals surface area contributed by atoms with Gasteiger partial charge in [0.25, 0.3) is 0 Å². The molecule has 4 heteroatoms. The van der Waals surface area contributed by atoms with Gasteiger partial charge in [-0.25, -0.2) is 4.39 Å². The Bertz CT molecular complexity index is 773. The highest BCUT2D eigenvalue weighted by atomic mass is 28.3. The molecule has 130 valence electrons. The fourth-order valence-corrected chi connectivity index (χ4v) is 5.36. The van der Waals surface area contributed by atoms with Gasteiger partial charge in [0.05, 0.1) is 13.0 Å². The number of hydrogen-bond donors (Lipinski definition) is 0. The van der Waals surface area contributed by atoms with Crippen LogP contribution in [-0.4, -0.2) is 20.7 Å². The van der Waals surface area contributed by atoms with Crippen LogP contribution < -0.4 is 5.19 Å². The zero-order valence-corrected chi connectivity index (χ0v) is 15.9. The van der Waals surface area contributed by atoms with Crippen LogP contribution in [0.5, 0.6) is 0 Å². The molecule has 0 amide bonds. The van der Waals surface area contributed by atoms with E-state index < -0.39 is 8.07 Å². The number of carbonyl (C=O) groups excluding carboxylic acids is 1. The number of hydrogen-bond acceptors (Lipinski definition) is 2. The monoisotopic (exact) mass is 354 g/mol. The number of benzene rings is 2. The van der Waals surface area contributed by atoms with Crippen molar-refractivity contribution in [2.45, 2.75) is 26.4 Å². The number of carbonyl (C=O) groups is 1. The lowest BCUT2D eigenvalue weighted by atomic mass is 10.2. The van der Waals surface area contributed by atoms with E-state index in [9.17, 15) is 9.18 Å². The molecule has 0 fully saturated rings. The molecule has 0 aromatic heterocycles.